The number of carbonyl (C=O) groups is 1. The van der Waals surface area contributed by atoms with Crippen LogP contribution in [0.15, 0.2) is 54.6 Å². The number of halogens is 1. The lowest BCUT2D eigenvalue weighted by Gasteiger charge is -2.27. The van der Waals surface area contributed by atoms with Crippen LogP contribution in [0, 0.1) is 0 Å². The highest BCUT2D eigenvalue weighted by molar-refractivity contribution is 7.92. The summed E-state index contributed by atoms with van der Waals surface area (Å²) in [7, 11) is -3.71. The lowest BCUT2D eigenvalue weighted by molar-refractivity contribution is -0.116. The Kier molecular flexibility index (Phi) is 5.97. The third-order valence-corrected chi connectivity index (χ3v) is 6.23. The third-order valence-electron chi connectivity index (χ3n) is 3.85. The molecule has 10 heteroatoms. The predicted octanol–water partition coefficient (Wildman–Crippen LogP) is 3.65. The summed E-state index contributed by atoms with van der Waals surface area (Å²) in [6, 6.07) is 14.7. The van der Waals surface area contributed by atoms with Crippen LogP contribution in [0.2, 0.25) is 5.02 Å². The molecule has 0 radical (unpaired) electrons. The molecule has 0 aliphatic heterocycles. The van der Waals surface area contributed by atoms with Crippen molar-refractivity contribution in [2.45, 2.75) is 13.0 Å². The summed E-state index contributed by atoms with van der Waals surface area (Å²) in [5.41, 5.74) is 1.23. The second-order valence-corrected chi connectivity index (χ2v) is 9.25. The highest BCUT2D eigenvalue weighted by Gasteiger charge is 2.29. The van der Waals surface area contributed by atoms with Gasteiger partial charge in [-0.3, -0.25) is 14.4 Å². The predicted molar refractivity (Wildman–Crippen MR) is 112 cm³/mol. The first kappa shape index (κ1) is 20.2. The number of nitrogens with zero attached hydrogens (tertiary/aromatic N) is 3. The first-order valence-corrected chi connectivity index (χ1v) is 11.2. The SMILES string of the molecule is C[C@@H](C(=O)Nc1nnc(-c2ccccc2)s1)N(c1ccc(Cl)cc1)S(C)(=O)=O. The molecule has 0 unspecified atom stereocenters. The van der Waals surface area contributed by atoms with Crippen LogP contribution >= 0.6 is 22.9 Å². The lowest BCUT2D eigenvalue weighted by Crippen LogP contribution is -2.45. The maximum Gasteiger partial charge on any atom is 0.249 e. The van der Waals surface area contributed by atoms with E-state index >= 15 is 0 Å². The van der Waals surface area contributed by atoms with Gasteiger partial charge in [0.2, 0.25) is 21.1 Å². The first-order chi connectivity index (χ1) is 13.3. The fourth-order valence-corrected chi connectivity index (χ4v) is 4.63. The largest absolute Gasteiger partial charge is 0.299 e. The lowest BCUT2D eigenvalue weighted by atomic mass is 10.2. The van der Waals surface area contributed by atoms with Gasteiger partial charge in [0.05, 0.1) is 11.9 Å². The molecule has 0 spiro atoms. The first-order valence-electron chi connectivity index (χ1n) is 8.20. The number of carbonyl (C=O) groups excluding carboxylic acids is 1. The quantitative estimate of drug-likeness (QED) is 0.636. The van der Waals surface area contributed by atoms with Crippen molar-refractivity contribution < 1.29 is 13.2 Å². The topological polar surface area (TPSA) is 92.3 Å². The minimum Gasteiger partial charge on any atom is -0.299 e. The molecule has 3 aromatic rings. The average molecular weight is 437 g/mol. The molecule has 0 aliphatic carbocycles. The van der Waals surface area contributed by atoms with E-state index in [0.29, 0.717) is 20.8 Å². The standard InChI is InChI=1S/C18H17ClN4O3S2/c1-12(23(28(2,25)26)15-10-8-14(19)9-11-15)16(24)20-18-22-21-17(27-18)13-6-4-3-5-7-13/h3-12H,1-2H3,(H,20,22,24)/t12-/m0/s1. The van der Waals surface area contributed by atoms with E-state index in [4.69, 9.17) is 11.6 Å². The highest BCUT2D eigenvalue weighted by Crippen LogP contribution is 2.27. The smallest absolute Gasteiger partial charge is 0.249 e. The molecule has 0 bridgehead atoms. The number of anilines is 2. The number of benzene rings is 2. The van der Waals surface area contributed by atoms with E-state index in [1.165, 1.54) is 18.3 Å². The zero-order chi connectivity index (χ0) is 20.3. The molecule has 0 saturated carbocycles. The average Bonchev–Trinajstić information content (AvgIpc) is 3.11. The summed E-state index contributed by atoms with van der Waals surface area (Å²) < 4.78 is 25.6. The Bertz CT molecular complexity index is 1070. The van der Waals surface area contributed by atoms with Crippen molar-refractivity contribution in [1.29, 1.82) is 0 Å². The van der Waals surface area contributed by atoms with Gasteiger partial charge < -0.3 is 0 Å². The normalized spacial score (nSPS) is 12.4. The van der Waals surface area contributed by atoms with Crippen LogP contribution in [0.25, 0.3) is 10.6 Å². The van der Waals surface area contributed by atoms with Crippen LogP contribution < -0.4 is 9.62 Å². The van der Waals surface area contributed by atoms with Gasteiger partial charge >= 0.3 is 0 Å². The van der Waals surface area contributed by atoms with E-state index in [-0.39, 0.29) is 0 Å². The van der Waals surface area contributed by atoms with Gasteiger partial charge in [0.25, 0.3) is 0 Å². The molecule has 3 rings (SSSR count). The molecule has 1 atom stereocenters. The van der Waals surface area contributed by atoms with E-state index in [0.717, 1.165) is 16.1 Å². The van der Waals surface area contributed by atoms with Gasteiger partial charge in [0.15, 0.2) is 0 Å². The Morgan fingerprint density at radius 1 is 1.11 bits per heavy atom. The molecular weight excluding hydrogens is 420 g/mol. The molecule has 1 aromatic heterocycles. The van der Waals surface area contributed by atoms with E-state index in [1.54, 1.807) is 24.3 Å². The Morgan fingerprint density at radius 2 is 1.75 bits per heavy atom. The summed E-state index contributed by atoms with van der Waals surface area (Å²) in [6.45, 7) is 1.50. The minimum atomic E-state index is -3.71. The summed E-state index contributed by atoms with van der Waals surface area (Å²) in [5.74, 6) is -0.517. The van der Waals surface area contributed by atoms with Gasteiger partial charge in [0.1, 0.15) is 11.0 Å². The Balaban J connectivity index is 1.80. The second-order valence-electron chi connectivity index (χ2n) is 5.98. The Labute approximate surface area is 172 Å². The van der Waals surface area contributed by atoms with Crippen LogP contribution in [0.5, 0.6) is 0 Å². The molecule has 0 fully saturated rings. The van der Waals surface area contributed by atoms with Crippen molar-refractivity contribution in [3.05, 3.63) is 59.6 Å². The molecule has 146 valence electrons. The molecule has 1 heterocycles. The molecule has 0 saturated heterocycles. The molecule has 2 aromatic carbocycles. The Morgan fingerprint density at radius 3 is 2.36 bits per heavy atom. The summed E-state index contributed by atoms with van der Waals surface area (Å²) in [6.07, 6.45) is 1.05. The van der Waals surface area contributed by atoms with Crippen molar-refractivity contribution in [1.82, 2.24) is 10.2 Å². The van der Waals surface area contributed by atoms with E-state index in [1.807, 2.05) is 30.3 Å². The number of rotatable bonds is 6. The fourth-order valence-electron chi connectivity index (χ4n) is 2.58. The van der Waals surface area contributed by atoms with Gasteiger partial charge in [-0.05, 0) is 31.2 Å². The number of nitrogens with one attached hydrogen (secondary N) is 1. The van der Waals surface area contributed by atoms with Gasteiger partial charge in [-0.1, -0.05) is 53.3 Å². The fraction of sp³-hybridized carbons (Fsp3) is 0.167. The van der Waals surface area contributed by atoms with Crippen molar-refractivity contribution in [2.24, 2.45) is 0 Å². The van der Waals surface area contributed by atoms with Crippen LogP contribution in [0.3, 0.4) is 0 Å². The zero-order valence-corrected chi connectivity index (χ0v) is 17.4. The molecule has 1 amide bonds. The minimum absolute atomic E-state index is 0.292. The number of aromatic nitrogens is 2. The molecular formula is C18H17ClN4O3S2. The molecule has 7 nitrogen and oxygen atoms in total. The highest BCUT2D eigenvalue weighted by atomic mass is 35.5. The van der Waals surface area contributed by atoms with Crippen molar-refractivity contribution >= 4 is 49.7 Å². The van der Waals surface area contributed by atoms with Gasteiger partial charge in [-0.15, -0.1) is 10.2 Å². The van der Waals surface area contributed by atoms with Crippen LogP contribution in [-0.2, 0) is 14.8 Å². The van der Waals surface area contributed by atoms with Gasteiger partial charge in [0, 0.05) is 10.6 Å². The summed E-state index contributed by atoms with van der Waals surface area (Å²) in [4.78, 5) is 12.7. The monoisotopic (exact) mass is 436 g/mol. The maximum atomic E-state index is 12.7. The van der Waals surface area contributed by atoms with Crippen molar-refractivity contribution in [2.75, 3.05) is 15.9 Å². The Hall–Kier alpha value is -2.49. The van der Waals surface area contributed by atoms with E-state index in [9.17, 15) is 13.2 Å². The molecule has 0 aliphatic rings. The maximum absolute atomic E-state index is 12.7. The van der Waals surface area contributed by atoms with Crippen LogP contribution in [-0.4, -0.2) is 36.8 Å². The third kappa shape index (κ3) is 4.67. The molecule has 1 N–H and O–H groups in total. The van der Waals surface area contributed by atoms with Crippen molar-refractivity contribution in [3.8, 4) is 10.6 Å². The zero-order valence-electron chi connectivity index (χ0n) is 15.0. The number of hydrogen-bond donors (Lipinski definition) is 1. The van der Waals surface area contributed by atoms with Gasteiger partial charge in [-0.2, -0.15) is 0 Å². The van der Waals surface area contributed by atoms with Crippen LogP contribution in [0.4, 0.5) is 10.8 Å². The van der Waals surface area contributed by atoms with E-state index in [2.05, 4.69) is 15.5 Å². The van der Waals surface area contributed by atoms with Crippen molar-refractivity contribution in [3.63, 3.8) is 0 Å². The number of hydrogen-bond acceptors (Lipinski definition) is 6. The summed E-state index contributed by atoms with van der Waals surface area (Å²) in [5, 5.41) is 12.1. The number of sulfonamides is 1. The molecule has 28 heavy (non-hydrogen) atoms. The summed E-state index contributed by atoms with van der Waals surface area (Å²) >= 11 is 7.08. The van der Waals surface area contributed by atoms with Gasteiger partial charge in [-0.25, -0.2) is 8.42 Å². The van der Waals surface area contributed by atoms with Crippen LogP contribution in [0.1, 0.15) is 6.92 Å². The number of amides is 1. The van der Waals surface area contributed by atoms with E-state index < -0.39 is 22.0 Å². The second kappa shape index (κ2) is 8.26.